The van der Waals surface area contributed by atoms with Crippen molar-refractivity contribution in [3.63, 3.8) is 0 Å². The zero-order valence-corrected chi connectivity index (χ0v) is 19.7. The third kappa shape index (κ3) is 5.68. The molecule has 6 nitrogen and oxygen atoms in total. The lowest BCUT2D eigenvalue weighted by atomic mass is 10.0. The minimum absolute atomic E-state index is 0.177. The first kappa shape index (κ1) is 23.8. The van der Waals surface area contributed by atoms with Crippen molar-refractivity contribution in [2.45, 2.75) is 18.7 Å². The Balaban J connectivity index is 1.80. The Hall–Kier alpha value is -2.87. The highest BCUT2D eigenvalue weighted by molar-refractivity contribution is 7.92. The number of amides is 1. The van der Waals surface area contributed by atoms with Crippen LogP contribution in [0, 0.1) is 13.8 Å². The van der Waals surface area contributed by atoms with Gasteiger partial charge < -0.3 is 10.1 Å². The smallest absolute Gasteiger partial charge is 0.262 e. The normalized spacial score (nSPS) is 11.2. The summed E-state index contributed by atoms with van der Waals surface area (Å²) < 4.78 is 33.5. The number of sulfonamides is 1. The van der Waals surface area contributed by atoms with E-state index in [0.717, 1.165) is 11.1 Å². The first-order valence-electron chi connectivity index (χ1n) is 9.98. The average Bonchev–Trinajstić information content (AvgIpc) is 2.76. The quantitative estimate of drug-likeness (QED) is 0.461. The lowest BCUT2D eigenvalue weighted by Crippen LogP contribution is -2.26. The molecule has 168 valence electrons. The van der Waals surface area contributed by atoms with Gasteiger partial charge in [-0.25, -0.2) is 8.42 Å². The topological polar surface area (TPSA) is 84.5 Å². The molecule has 0 aliphatic carbocycles. The Labute approximate surface area is 193 Å². The maximum atomic E-state index is 13.0. The monoisotopic (exact) mass is 472 g/mol. The number of halogens is 1. The van der Waals surface area contributed by atoms with E-state index in [-0.39, 0.29) is 10.8 Å². The van der Waals surface area contributed by atoms with Crippen molar-refractivity contribution < 1.29 is 17.9 Å². The van der Waals surface area contributed by atoms with E-state index in [1.165, 1.54) is 0 Å². The van der Waals surface area contributed by atoms with E-state index < -0.39 is 10.0 Å². The molecule has 8 heteroatoms. The van der Waals surface area contributed by atoms with Gasteiger partial charge >= 0.3 is 0 Å². The highest BCUT2D eigenvalue weighted by Crippen LogP contribution is 2.28. The van der Waals surface area contributed by atoms with Crippen molar-refractivity contribution in [2.75, 3.05) is 25.0 Å². The number of hydrogen-bond donors (Lipinski definition) is 2. The SMILES string of the molecule is COCCNC(=O)c1ccc(-c2cccc(NS(=O)(=O)c3cc(C)c(Cl)cc3C)c2)cc1. The van der Waals surface area contributed by atoms with Crippen molar-refractivity contribution in [2.24, 2.45) is 0 Å². The lowest BCUT2D eigenvalue weighted by molar-refractivity contribution is 0.0937. The minimum atomic E-state index is -3.78. The number of aryl methyl sites for hydroxylation is 2. The number of hydrogen-bond acceptors (Lipinski definition) is 4. The molecule has 0 radical (unpaired) electrons. The highest BCUT2D eigenvalue weighted by Gasteiger charge is 2.18. The molecule has 0 heterocycles. The fourth-order valence-corrected chi connectivity index (χ4v) is 4.78. The van der Waals surface area contributed by atoms with Crippen LogP contribution in [0.1, 0.15) is 21.5 Å². The summed E-state index contributed by atoms with van der Waals surface area (Å²) in [6.45, 7) is 4.36. The summed E-state index contributed by atoms with van der Waals surface area (Å²) >= 11 is 6.10. The molecule has 0 bridgehead atoms. The molecule has 0 aromatic heterocycles. The summed E-state index contributed by atoms with van der Waals surface area (Å²) in [7, 11) is -2.21. The second-order valence-electron chi connectivity index (χ2n) is 7.38. The molecule has 0 saturated carbocycles. The number of anilines is 1. The van der Waals surface area contributed by atoms with Gasteiger partial charge in [0.25, 0.3) is 15.9 Å². The van der Waals surface area contributed by atoms with Crippen LogP contribution in [0.4, 0.5) is 5.69 Å². The number of nitrogens with one attached hydrogen (secondary N) is 2. The van der Waals surface area contributed by atoms with Crippen molar-refractivity contribution in [1.29, 1.82) is 0 Å². The van der Waals surface area contributed by atoms with Crippen molar-refractivity contribution in [3.05, 3.63) is 82.4 Å². The Bertz CT molecular complexity index is 1230. The molecule has 3 aromatic rings. The Morgan fingerprint density at radius 1 is 0.969 bits per heavy atom. The van der Waals surface area contributed by atoms with Crippen LogP contribution in [0.2, 0.25) is 5.02 Å². The van der Waals surface area contributed by atoms with Gasteiger partial charge in [-0.3, -0.25) is 9.52 Å². The molecule has 3 aromatic carbocycles. The molecule has 0 spiro atoms. The predicted molar refractivity (Wildman–Crippen MR) is 128 cm³/mol. The van der Waals surface area contributed by atoms with Gasteiger partial charge in [-0.15, -0.1) is 0 Å². The van der Waals surface area contributed by atoms with Crippen molar-refractivity contribution in [1.82, 2.24) is 5.32 Å². The van der Waals surface area contributed by atoms with E-state index in [0.29, 0.717) is 40.6 Å². The van der Waals surface area contributed by atoms with Gasteiger partial charge in [0.15, 0.2) is 0 Å². The van der Waals surface area contributed by atoms with Crippen LogP contribution in [-0.2, 0) is 14.8 Å². The zero-order chi connectivity index (χ0) is 23.3. The number of rotatable bonds is 8. The van der Waals surface area contributed by atoms with E-state index in [1.807, 2.05) is 18.2 Å². The van der Waals surface area contributed by atoms with Crippen LogP contribution in [-0.4, -0.2) is 34.6 Å². The first-order valence-corrected chi connectivity index (χ1v) is 11.8. The molecule has 0 aliphatic heterocycles. The van der Waals surface area contributed by atoms with Crippen LogP contribution in [0.15, 0.2) is 65.6 Å². The van der Waals surface area contributed by atoms with E-state index >= 15 is 0 Å². The average molecular weight is 473 g/mol. The Kier molecular flexibility index (Phi) is 7.56. The molecule has 3 rings (SSSR count). The molecule has 0 unspecified atom stereocenters. The minimum Gasteiger partial charge on any atom is -0.383 e. The van der Waals surface area contributed by atoms with E-state index in [4.69, 9.17) is 16.3 Å². The molecule has 0 fully saturated rings. The molecule has 32 heavy (non-hydrogen) atoms. The molecule has 0 aliphatic rings. The van der Waals surface area contributed by atoms with Crippen LogP contribution in [0.5, 0.6) is 0 Å². The van der Waals surface area contributed by atoms with Crippen molar-refractivity contribution >= 4 is 33.2 Å². The Morgan fingerprint density at radius 3 is 2.38 bits per heavy atom. The maximum absolute atomic E-state index is 13.0. The van der Waals surface area contributed by atoms with Crippen LogP contribution >= 0.6 is 11.6 Å². The fourth-order valence-electron chi connectivity index (χ4n) is 3.20. The first-order chi connectivity index (χ1) is 15.2. The van der Waals surface area contributed by atoms with Gasteiger partial charge in [0, 0.05) is 29.9 Å². The van der Waals surface area contributed by atoms with Gasteiger partial charge in [0.2, 0.25) is 0 Å². The number of benzene rings is 3. The molecule has 2 N–H and O–H groups in total. The summed E-state index contributed by atoms with van der Waals surface area (Å²) in [6, 6.07) is 17.4. The van der Waals surface area contributed by atoms with Crippen molar-refractivity contribution in [3.8, 4) is 11.1 Å². The van der Waals surface area contributed by atoms with Gasteiger partial charge in [0.05, 0.1) is 11.5 Å². The van der Waals surface area contributed by atoms with Gasteiger partial charge in [0.1, 0.15) is 0 Å². The van der Waals surface area contributed by atoms with Crippen LogP contribution < -0.4 is 10.0 Å². The van der Waals surface area contributed by atoms with Gasteiger partial charge in [-0.2, -0.15) is 0 Å². The number of ether oxygens (including phenoxy) is 1. The maximum Gasteiger partial charge on any atom is 0.262 e. The Morgan fingerprint density at radius 2 is 1.69 bits per heavy atom. The second-order valence-corrected chi connectivity index (χ2v) is 9.44. The van der Waals surface area contributed by atoms with Gasteiger partial charge in [-0.1, -0.05) is 35.9 Å². The van der Waals surface area contributed by atoms with Gasteiger partial charge in [-0.05, 0) is 72.5 Å². The molecule has 1 amide bonds. The third-order valence-electron chi connectivity index (χ3n) is 4.93. The number of carbonyl (C=O) groups is 1. The third-order valence-corrected chi connectivity index (χ3v) is 6.86. The summed E-state index contributed by atoms with van der Waals surface area (Å²) in [6.07, 6.45) is 0. The fraction of sp³-hybridized carbons (Fsp3) is 0.208. The lowest BCUT2D eigenvalue weighted by Gasteiger charge is -2.13. The van der Waals surface area contributed by atoms with E-state index in [2.05, 4.69) is 10.0 Å². The van der Waals surface area contributed by atoms with E-state index in [9.17, 15) is 13.2 Å². The van der Waals surface area contributed by atoms with Crippen LogP contribution in [0.25, 0.3) is 11.1 Å². The molecule has 0 atom stereocenters. The standard InChI is InChI=1S/C24H25ClN2O4S/c1-16-14-23(17(2)13-22(16)25)32(29,30)27-21-6-4-5-20(15-21)18-7-9-19(10-8-18)24(28)26-11-12-31-3/h4-10,13-15,27H,11-12H2,1-3H3,(H,26,28). The number of methoxy groups -OCH3 is 1. The highest BCUT2D eigenvalue weighted by atomic mass is 35.5. The summed E-state index contributed by atoms with van der Waals surface area (Å²) in [4.78, 5) is 12.3. The van der Waals surface area contributed by atoms with Crippen LogP contribution in [0.3, 0.4) is 0 Å². The van der Waals surface area contributed by atoms with E-state index in [1.54, 1.807) is 63.4 Å². The molecular formula is C24H25ClN2O4S. The second kappa shape index (κ2) is 10.2. The summed E-state index contributed by atoms with van der Waals surface area (Å²) in [5.41, 5.74) is 3.92. The summed E-state index contributed by atoms with van der Waals surface area (Å²) in [5.74, 6) is -0.177. The predicted octanol–water partition coefficient (Wildman–Crippen LogP) is 4.80. The molecular weight excluding hydrogens is 448 g/mol. The summed E-state index contributed by atoms with van der Waals surface area (Å²) in [5, 5.41) is 3.30. The molecule has 0 saturated heterocycles. The zero-order valence-electron chi connectivity index (χ0n) is 18.1. The number of carbonyl (C=O) groups excluding carboxylic acids is 1. The largest absolute Gasteiger partial charge is 0.383 e.